The van der Waals surface area contributed by atoms with E-state index in [2.05, 4.69) is 20.7 Å². The van der Waals surface area contributed by atoms with Crippen molar-refractivity contribution < 1.29 is 9.59 Å². The first-order valence-corrected chi connectivity index (χ1v) is 9.93. The molecule has 10 heteroatoms. The van der Waals surface area contributed by atoms with Gasteiger partial charge in [-0.2, -0.15) is 4.80 Å². The Morgan fingerprint density at radius 2 is 1.83 bits per heavy atom. The highest BCUT2D eigenvalue weighted by Crippen LogP contribution is 2.24. The zero-order valence-electron chi connectivity index (χ0n) is 16.6. The quantitative estimate of drug-likeness (QED) is 0.618. The van der Waals surface area contributed by atoms with E-state index >= 15 is 0 Å². The molecule has 3 aromatic rings. The van der Waals surface area contributed by atoms with Crippen LogP contribution in [0.3, 0.4) is 0 Å². The Hall–Kier alpha value is -2.97. The fraction of sp³-hybridized carbons (Fsp3) is 0.250. The second-order valence-electron chi connectivity index (χ2n) is 6.75. The zero-order valence-corrected chi connectivity index (χ0v) is 18.1. The maximum absolute atomic E-state index is 12.8. The molecule has 1 atom stereocenters. The number of nitrogens with zero attached hydrogens (tertiary/aromatic N) is 5. The lowest BCUT2D eigenvalue weighted by Crippen LogP contribution is -2.27. The highest BCUT2D eigenvalue weighted by molar-refractivity contribution is 6.34. The van der Waals surface area contributed by atoms with Gasteiger partial charge in [-0.1, -0.05) is 30.1 Å². The summed E-state index contributed by atoms with van der Waals surface area (Å²) < 4.78 is 0. The molecule has 0 spiro atoms. The van der Waals surface area contributed by atoms with E-state index < -0.39 is 6.04 Å². The van der Waals surface area contributed by atoms with Crippen molar-refractivity contribution in [2.75, 3.05) is 19.4 Å². The molecule has 1 heterocycles. The summed E-state index contributed by atoms with van der Waals surface area (Å²) >= 11 is 12.1. The lowest BCUT2D eigenvalue weighted by atomic mass is 10.1. The first-order valence-electron chi connectivity index (χ1n) is 9.17. The van der Waals surface area contributed by atoms with E-state index in [1.54, 1.807) is 50.5 Å². The van der Waals surface area contributed by atoms with E-state index in [4.69, 9.17) is 23.2 Å². The Kier molecular flexibility index (Phi) is 6.69. The van der Waals surface area contributed by atoms with Crippen LogP contribution in [0.2, 0.25) is 10.0 Å². The van der Waals surface area contributed by atoms with Gasteiger partial charge in [-0.25, -0.2) is 0 Å². The van der Waals surface area contributed by atoms with E-state index in [0.717, 1.165) is 5.56 Å². The van der Waals surface area contributed by atoms with Crippen molar-refractivity contribution in [1.29, 1.82) is 0 Å². The number of carbonyl (C=O) groups excluding carboxylic acids is 2. The minimum absolute atomic E-state index is 0.217. The smallest absolute Gasteiger partial charge is 0.254 e. The van der Waals surface area contributed by atoms with Crippen LogP contribution in [-0.2, 0) is 4.79 Å². The summed E-state index contributed by atoms with van der Waals surface area (Å²) in [4.78, 5) is 27.6. The number of tetrazole rings is 1. The molecule has 30 heavy (non-hydrogen) atoms. The van der Waals surface area contributed by atoms with Crippen LogP contribution in [0.15, 0.2) is 42.5 Å². The van der Waals surface area contributed by atoms with Crippen LogP contribution in [-0.4, -0.2) is 51.0 Å². The number of benzene rings is 2. The molecule has 1 aromatic heterocycles. The molecule has 8 nitrogen and oxygen atoms in total. The fourth-order valence-electron chi connectivity index (χ4n) is 2.76. The summed E-state index contributed by atoms with van der Waals surface area (Å²) in [6, 6.07) is 11.1. The number of rotatable bonds is 6. The number of halogens is 2. The average Bonchev–Trinajstić information content (AvgIpc) is 3.18. The van der Waals surface area contributed by atoms with Crippen LogP contribution >= 0.6 is 23.2 Å². The first kappa shape index (κ1) is 21.7. The van der Waals surface area contributed by atoms with Crippen molar-refractivity contribution in [2.24, 2.45) is 0 Å². The molecule has 1 unspecified atom stereocenters. The highest BCUT2D eigenvalue weighted by atomic mass is 35.5. The van der Waals surface area contributed by atoms with Crippen molar-refractivity contribution in [2.45, 2.75) is 19.4 Å². The van der Waals surface area contributed by atoms with Crippen molar-refractivity contribution in [1.82, 2.24) is 25.1 Å². The number of nitrogens with one attached hydrogen (secondary N) is 1. The van der Waals surface area contributed by atoms with Gasteiger partial charge in [-0.15, -0.1) is 10.2 Å². The van der Waals surface area contributed by atoms with Gasteiger partial charge in [0.1, 0.15) is 0 Å². The van der Waals surface area contributed by atoms with Gasteiger partial charge in [0.2, 0.25) is 5.82 Å². The van der Waals surface area contributed by atoms with E-state index in [1.807, 2.05) is 6.92 Å². The van der Waals surface area contributed by atoms with Crippen molar-refractivity contribution in [3.63, 3.8) is 0 Å². The maximum atomic E-state index is 12.8. The van der Waals surface area contributed by atoms with Gasteiger partial charge in [0, 0.05) is 30.4 Å². The molecule has 2 aromatic carbocycles. The third-order valence-corrected chi connectivity index (χ3v) is 4.94. The fourth-order valence-corrected chi connectivity index (χ4v) is 3.15. The van der Waals surface area contributed by atoms with Crippen molar-refractivity contribution in [3.05, 3.63) is 58.1 Å². The monoisotopic (exact) mass is 446 g/mol. The molecule has 1 N–H and O–H groups in total. The lowest BCUT2D eigenvalue weighted by Gasteiger charge is -2.15. The third-order valence-electron chi connectivity index (χ3n) is 4.37. The van der Waals surface area contributed by atoms with Crippen LogP contribution in [0.1, 0.15) is 29.7 Å². The lowest BCUT2D eigenvalue weighted by molar-refractivity contribution is -0.119. The van der Waals surface area contributed by atoms with E-state index in [0.29, 0.717) is 28.5 Å². The molecule has 0 saturated carbocycles. The Bertz CT molecular complexity index is 1070. The van der Waals surface area contributed by atoms with E-state index in [-0.39, 0.29) is 16.8 Å². The summed E-state index contributed by atoms with van der Waals surface area (Å²) in [6.45, 7) is 1.85. The van der Waals surface area contributed by atoms with Gasteiger partial charge < -0.3 is 10.2 Å². The second kappa shape index (κ2) is 9.23. The SMILES string of the molecule is CCC(C(=O)Nc1ccc(C(=O)N(C)C)c(Cl)c1)n1nnc(-c2ccc(Cl)cc2)n1. The van der Waals surface area contributed by atoms with Gasteiger partial charge in [-0.05, 0) is 54.1 Å². The molecule has 0 radical (unpaired) electrons. The molecule has 0 bridgehead atoms. The molecule has 3 rings (SSSR count). The Labute approximate surface area is 183 Å². The summed E-state index contributed by atoms with van der Waals surface area (Å²) in [5.74, 6) is -0.140. The van der Waals surface area contributed by atoms with Crippen LogP contribution in [0.25, 0.3) is 11.4 Å². The van der Waals surface area contributed by atoms with Gasteiger partial charge in [0.05, 0.1) is 10.6 Å². The highest BCUT2D eigenvalue weighted by Gasteiger charge is 2.23. The van der Waals surface area contributed by atoms with E-state index in [9.17, 15) is 9.59 Å². The number of anilines is 1. The molecule has 156 valence electrons. The minimum atomic E-state index is -0.666. The molecular weight excluding hydrogens is 427 g/mol. The molecule has 0 fully saturated rings. The summed E-state index contributed by atoms with van der Waals surface area (Å²) in [6.07, 6.45) is 0.452. The summed E-state index contributed by atoms with van der Waals surface area (Å²) in [7, 11) is 3.28. The molecular formula is C20H20Cl2N6O2. The average molecular weight is 447 g/mol. The van der Waals surface area contributed by atoms with Crippen LogP contribution in [0, 0.1) is 0 Å². The van der Waals surface area contributed by atoms with Crippen molar-refractivity contribution >= 4 is 40.7 Å². The van der Waals surface area contributed by atoms with Gasteiger partial charge in [0.15, 0.2) is 6.04 Å². The largest absolute Gasteiger partial charge is 0.345 e. The topological polar surface area (TPSA) is 93.0 Å². The number of amides is 2. The Balaban J connectivity index is 1.76. The normalized spacial score (nSPS) is 11.8. The zero-order chi connectivity index (χ0) is 21.8. The second-order valence-corrected chi connectivity index (χ2v) is 7.59. The Morgan fingerprint density at radius 3 is 2.43 bits per heavy atom. The standard InChI is InChI=1S/C20H20Cl2N6O2/c1-4-17(28-25-18(24-26-28)12-5-7-13(21)8-6-12)19(29)23-14-9-10-15(16(22)11-14)20(30)27(2)3/h5-11,17H,4H2,1-3H3,(H,23,29). The number of carbonyl (C=O) groups is 2. The predicted octanol–water partition coefficient (Wildman–Crippen LogP) is 3.94. The maximum Gasteiger partial charge on any atom is 0.254 e. The summed E-state index contributed by atoms with van der Waals surface area (Å²) in [5, 5.41) is 16.0. The van der Waals surface area contributed by atoms with Gasteiger partial charge in [0.25, 0.3) is 11.8 Å². The molecule has 0 aliphatic rings. The number of hydrogen-bond donors (Lipinski definition) is 1. The predicted molar refractivity (Wildman–Crippen MR) is 116 cm³/mol. The van der Waals surface area contributed by atoms with Crippen LogP contribution in [0.5, 0.6) is 0 Å². The van der Waals surface area contributed by atoms with E-state index in [1.165, 1.54) is 15.8 Å². The molecule has 2 amide bonds. The molecule has 0 saturated heterocycles. The van der Waals surface area contributed by atoms with Gasteiger partial charge in [-0.3, -0.25) is 9.59 Å². The van der Waals surface area contributed by atoms with Crippen LogP contribution in [0.4, 0.5) is 5.69 Å². The number of hydrogen-bond acceptors (Lipinski definition) is 5. The number of aromatic nitrogens is 4. The first-order chi connectivity index (χ1) is 14.3. The summed E-state index contributed by atoms with van der Waals surface area (Å²) in [5.41, 5.74) is 1.57. The van der Waals surface area contributed by atoms with Crippen molar-refractivity contribution in [3.8, 4) is 11.4 Å². The Morgan fingerprint density at radius 1 is 1.13 bits per heavy atom. The van der Waals surface area contributed by atoms with Crippen LogP contribution < -0.4 is 5.32 Å². The van der Waals surface area contributed by atoms with Gasteiger partial charge >= 0.3 is 0 Å². The molecule has 0 aliphatic heterocycles. The minimum Gasteiger partial charge on any atom is -0.345 e. The third kappa shape index (κ3) is 4.77. The molecule has 0 aliphatic carbocycles.